The normalized spacial score (nSPS) is 15.8. The van der Waals surface area contributed by atoms with E-state index in [0.717, 1.165) is 24.9 Å². The molecule has 0 aliphatic carbocycles. The standard InChI is InChI=1S/C14H32N2/c1-11(2)9-13(5)15-7-8-16-14(6)10-12(3)4/h11-16H,7-10H2,1-6H3/t13-,14+. The predicted octanol–water partition coefficient (Wildman–Crippen LogP) is 3.03. The number of rotatable bonds is 9. The molecule has 0 aromatic carbocycles. The molecule has 0 radical (unpaired) electrons. The van der Waals surface area contributed by atoms with E-state index in [-0.39, 0.29) is 0 Å². The minimum Gasteiger partial charge on any atom is -0.313 e. The quantitative estimate of drug-likeness (QED) is 0.593. The monoisotopic (exact) mass is 228 g/mol. The minimum absolute atomic E-state index is 0.641. The first-order chi connectivity index (χ1) is 7.41. The van der Waals surface area contributed by atoms with Crippen LogP contribution in [-0.4, -0.2) is 25.2 Å². The van der Waals surface area contributed by atoms with E-state index in [1.165, 1.54) is 12.8 Å². The Balaban J connectivity index is 3.38. The maximum Gasteiger partial charge on any atom is 0.00793 e. The molecular weight excluding hydrogens is 196 g/mol. The summed E-state index contributed by atoms with van der Waals surface area (Å²) in [6.07, 6.45) is 2.53. The van der Waals surface area contributed by atoms with Crippen LogP contribution in [0.4, 0.5) is 0 Å². The molecule has 0 aromatic heterocycles. The highest BCUT2D eigenvalue weighted by atomic mass is 15.0. The van der Waals surface area contributed by atoms with Gasteiger partial charge in [-0.15, -0.1) is 0 Å². The molecule has 0 rings (SSSR count). The van der Waals surface area contributed by atoms with Crippen molar-refractivity contribution < 1.29 is 0 Å². The second kappa shape index (κ2) is 9.00. The Labute approximate surface area is 103 Å². The Kier molecular flexibility index (Phi) is 8.96. The van der Waals surface area contributed by atoms with E-state index in [2.05, 4.69) is 52.2 Å². The Bertz CT molecular complexity index is 137. The Morgan fingerprint density at radius 1 is 0.625 bits per heavy atom. The lowest BCUT2D eigenvalue weighted by atomic mass is 10.1. The topological polar surface area (TPSA) is 24.1 Å². The highest BCUT2D eigenvalue weighted by Gasteiger charge is 2.05. The largest absolute Gasteiger partial charge is 0.313 e. The third kappa shape index (κ3) is 10.4. The summed E-state index contributed by atoms with van der Waals surface area (Å²) in [4.78, 5) is 0. The van der Waals surface area contributed by atoms with Crippen molar-refractivity contribution in [3.8, 4) is 0 Å². The van der Waals surface area contributed by atoms with Crippen molar-refractivity contribution in [1.29, 1.82) is 0 Å². The molecule has 0 heterocycles. The van der Waals surface area contributed by atoms with Gasteiger partial charge < -0.3 is 10.6 Å². The first kappa shape index (κ1) is 15.9. The molecule has 0 aliphatic heterocycles. The fraction of sp³-hybridized carbons (Fsp3) is 1.00. The zero-order chi connectivity index (χ0) is 12.6. The van der Waals surface area contributed by atoms with Gasteiger partial charge in [0, 0.05) is 25.2 Å². The van der Waals surface area contributed by atoms with Gasteiger partial charge in [0.15, 0.2) is 0 Å². The van der Waals surface area contributed by atoms with Gasteiger partial charge in [0.1, 0.15) is 0 Å². The smallest absolute Gasteiger partial charge is 0.00793 e. The number of hydrogen-bond donors (Lipinski definition) is 2. The third-order valence-corrected chi connectivity index (χ3v) is 2.76. The predicted molar refractivity (Wildman–Crippen MR) is 73.8 cm³/mol. The van der Waals surface area contributed by atoms with Crippen LogP contribution in [0, 0.1) is 11.8 Å². The molecule has 98 valence electrons. The Morgan fingerprint density at radius 2 is 0.938 bits per heavy atom. The van der Waals surface area contributed by atoms with Crippen LogP contribution < -0.4 is 10.6 Å². The van der Waals surface area contributed by atoms with Gasteiger partial charge in [0.05, 0.1) is 0 Å². The number of hydrogen-bond acceptors (Lipinski definition) is 2. The molecule has 2 nitrogen and oxygen atoms in total. The minimum atomic E-state index is 0.641. The van der Waals surface area contributed by atoms with Gasteiger partial charge in [-0.1, -0.05) is 27.7 Å². The van der Waals surface area contributed by atoms with Crippen molar-refractivity contribution in [3.63, 3.8) is 0 Å². The van der Waals surface area contributed by atoms with Gasteiger partial charge in [-0.3, -0.25) is 0 Å². The lowest BCUT2D eigenvalue weighted by molar-refractivity contribution is 0.410. The van der Waals surface area contributed by atoms with Crippen LogP contribution in [0.15, 0.2) is 0 Å². The molecule has 2 heteroatoms. The van der Waals surface area contributed by atoms with E-state index in [0.29, 0.717) is 12.1 Å². The van der Waals surface area contributed by atoms with Crippen LogP contribution in [0.2, 0.25) is 0 Å². The first-order valence-electron chi connectivity index (χ1n) is 6.88. The van der Waals surface area contributed by atoms with E-state index in [9.17, 15) is 0 Å². The lowest BCUT2D eigenvalue weighted by Gasteiger charge is -2.19. The van der Waals surface area contributed by atoms with Gasteiger partial charge in [0.25, 0.3) is 0 Å². The summed E-state index contributed by atoms with van der Waals surface area (Å²) in [5, 5.41) is 7.12. The summed E-state index contributed by atoms with van der Waals surface area (Å²) in [6.45, 7) is 15.8. The van der Waals surface area contributed by atoms with Gasteiger partial charge in [0.2, 0.25) is 0 Å². The van der Waals surface area contributed by atoms with Crippen molar-refractivity contribution in [3.05, 3.63) is 0 Å². The van der Waals surface area contributed by atoms with Gasteiger partial charge >= 0.3 is 0 Å². The molecule has 0 saturated carbocycles. The van der Waals surface area contributed by atoms with E-state index in [1.54, 1.807) is 0 Å². The average molecular weight is 228 g/mol. The molecule has 2 atom stereocenters. The van der Waals surface area contributed by atoms with Crippen LogP contribution in [-0.2, 0) is 0 Å². The zero-order valence-electron chi connectivity index (χ0n) is 12.1. The summed E-state index contributed by atoms with van der Waals surface area (Å²) in [6, 6.07) is 1.28. The fourth-order valence-corrected chi connectivity index (χ4v) is 2.22. The third-order valence-electron chi connectivity index (χ3n) is 2.76. The van der Waals surface area contributed by atoms with Crippen molar-refractivity contribution in [2.24, 2.45) is 11.8 Å². The van der Waals surface area contributed by atoms with Crippen LogP contribution in [0.3, 0.4) is 0 Å². The molecule has 0 spiro atoms. The molecule has 0 aliphatic rings. The second-order valence-corrected chi connectivity index (χ2v) is 5.97. The molecular formula is C14H32N2. The Morgan fingerprint density at radius 3 is 1.19 bits per heavy atom. The first-order valence-corrected chi connectivity index (χ1v) is 6.88. The molecule has 2 N–H and O–H groups in total. The van der Waals surface area contributed by atoms with Crippen molar-refractivity contribution in [2.75, 3.05) is 13.1 Å². The highest BCUT2D eigenvalue weighted by Crippen LogP contribution is 2.04. The van der Waals surface area contributed by atoms with Crippen LogP contribution in [0.25, 0.3) is 0 Å². The molecule has 0 bridgehead atoms. The molecule has 0 fully saturated rings. The molecule has 0 amide bonds. The number of nitrogens with one attached hydrogen (secondary N) is 2. The van der Waals surface area contributed by atoms with Crippen molar-refractivity contribution in [1.82, 2.24) is 10.6 Å². The van der Waals surface area contributed by atoms with Crippen molar-refractivity contribution in [2.45, 2.75) is 66.5 Å². The van der Waals surface area contributed by atoms with Gasteiger partial charge in [-0.05, 0) is 38.5 Å². The van der Waals surface area contributed by atoms with E-state index in [4.69, 9.17) is 0 Å². The molecule has 0 unspecified atom stereocenters. The van der Waals surface area contributed by atoms with Crippen molar-refractivity contribution >= 4 is 0 Å². The van der Waals surface area contributed by atoms with E-state index in [1.807, 2.05) is 0 Å². The summed E-state index contributed by atoms with van der Waals surface area (Å²) in [5.41, 5.74) is 0. The molecule has 16 heavy (non-hydrogen) atoms. The maximum atomic E-state index is 3.56. The van der Waals surface area contributed by atoms with Crippen LogP contribution in [0.5, 0.6) is 0 Å². The van der Waals surface area contributed by atoms with E-state index >= 15 is 0 Å². The van der Waals surface area contributed by atoms with Crippen LogP contribution >= 0.6 is 0 Å². The van der Waals surface area contributed by atoms with E-state index < -0.39 is 0 Å². The average Bonchev–Trinajstić information content (AvgIpc) is 2.10. The molecule has 0 saturated heterocycles. The fourth-order valence-electron chi connectivity index (χ4n) is 2.22. The summed E-state index contributed by atoms with van der Waals surface area (Å²) in [5.74, 6) is 1.57. The van der Waals surface area contributed by atoms with Crippen LogP contribution in [0.1, 0.15) is 54.4 Å². The van der Waals surface area contributed by atoms with Gasteiger partial charge in [-0.2, -0.15) is 0 Å². The Hall–Kier alpha value is -0.0800. The lowest BCUT2D eigenvalue weighted by Crippen LogP contribution is -2.37. The highest BCUT2D eigenvalue weighted by molar-refractivity contribution is 4.66. The maximum absolute atomic E-state index is 3.56. The summed E-state index contributed by atoms with van der Waals surface area (Å²) >= 11 is 0. The molecule has 0 aromatic rings. The SMILES string of the molecule is CC(C)C[C@@H](C)NCCN[C@@H](C)CC(C)C. The second-order valence-electron chi connectivity index (χ2n) is 5.97. The summed E-state index contributed by atoms with van der Waals surface area (Å²) in [7, 11) is 0. The van der Waals surface area contributed by atoms with Gasteiger partial charge in [-0.25, -0.2) is 0 Å². The summed E-state index contributed by atoms with van der Waals surface area (Å²) < 4.78 is 0. The zero-order valence-corrected chi connectivity index (χ0v) is 12.1.